The lowest BCUT2D eigenvalue weighted by atomic mass is 9.81. The maximum atomic E-state index is 12.9. The third-order valence-corrected chi connectivity index (χ3v) is 11.2. The first kappa shape index (κ1) is 23.4. The van der Waals surface area contributed by atoms with Crippen molar-refractivity contribution in [1.82, 2.24) is 4.90 Å². The van der Waals surface area contributed by atoms with Crippen molar-refractivity contribution in [3.05, 3.63) is 27.7 Å². The van der Waals surface area contributed by atoms with Gasteiger partial charge in [-0.15, -0.1) is 0 Å². The van der Waals surface area contributed by atoms with Crippen LogP contribution in [0.25, 0.3) is 0 Å². The van der Waals surface area contributed by atoms with Gasteiger partial charge in [0.15, 0.2) is 0 Å². The standard InChI is InChI=1S/C23H27Br3N2O3/c1-11-9-16(12(2)8-15(11)24)27-17(29)6-4-3-5-7-28-22(30)18-13-10-14(19(18)23(28)31)21(26)20(13)25/h8-9,13-14,18-21H,3-7,10H2,1-2H3,(H,27,29)/t13-,14-,18-,19-,20+,21+/m1/s1. The predicted octanol–water partition coefficient (Wildman–Crippen LogP) is 5.34. The number of unbranched alkanes of at least 4 members (excludes halogenated alkanes) is 2. The van der Waals surface area contributed by atoms with E-state index >= 15 is 0 Å². The largest absolute Gasteiger partial charge is 0.326 e. The molecule has 3 amide bonds. The molecule has 1 saturated heterocycles. The van der Waals surface area contributed by atoms with Crippen molar-refractivity contribution < 1.29 is 14.4 Å². The molecular weight excluding hydrogens is 592 g/mol. The predicted molar refractivity (Wildman–Crippen MR) is 131 cm³/mol. The molecule has 0 spiro atoms. The minimum atomic E-state index is -0.140. The fourth-order valence-electron chi connectivity index (χ4n) is 5.49. The zero-order valence-electron chi connectivity index (χ0n) is 17.7. The molecular formula is C23H27Br3N2O3. The molecule has 1 heterocycles. The van der Waals surface area contributed by atoms with Crippen LogP contribution in [0.4, 0.5) is 5.69 Å². The second-order valence-electron chi connectivity index (χ2n) is 9.11. The van der Waals surface area contributed by atoms with Crippen LogP contribution in [-0.2, 0) is 14.4 Å². The Morgan fingerprint density at radius 3 is 2.23 bits per heavy atom. The molecule has 0 unspecified atom stereocenters. The topological polar surface area (TPSA) is 66.5 Å². The van der Waals surface area contributed by atoms with Crippen LogP contribution in [0.1, 0.15) is 43.2 Å². The molecule has 8 heteroatoms. The molecule has 1 aliphatic heterocycles. The number of fused-ring (bicyclic) bond motifs is 5. The number of alkyl halides is 2. The summed E-state index contributed by atoms with van der Waals surface area (Å²) in [6.45, 7) is 4.44. The van der Waals surface area contributed by atoms with E-state index in [0.29, 0.717) is 13.0 Å². The molecule has 31 heavy (non-hydrogen) atoms. The van der Waals surface area contributed by atoms with Crippen molar-refractivity contribution in [2.75, 3.05) is 11.9 Å². The van der Waals surface area contributed by atoms with Gasteiger partial charge in [-0.2, -0.15) is 0 Å². The number of anilines is 1. The minimum absolute atomic E-state index is 0.00372. The maximum absolute atomic E-state index is 12.9. The van der Waals surface area contributed by atoms with Gasteiger partial charge in [0, 0.05) is 32.8 Å². The van der Waals surface area contributed by atoms with Crippen LogP contribution in [-0.4, -0.2) is 38.8 Å². The van der Waals surface area contributed by atoms with Crippen LogP contribution in [0.15, 0.2) is 16.6 Å². The van der Waals surface area contributed by atoms with E-state index in [4.69, 9.17) is 0 Å². The van der Waals surface area contributed by atoms with Crippen molar-refractivity contribution in [3.63, 3.8) is 0 Å². The maximum Gasteiger partial charge on any atom is 0.233 e. The molecule has 4 rings (SSSR count). The normalized spacial score (nSPS) is 31.5. The Hall–Kier alpha value is -0.730. The zero-order valence-corrected chi connectivity index (χ0v) is 22.4. The molecule has 3 aliphatic rings. The van der Waals surface area contributed by atoms with Gasteiger partial charge in [0.2, 0.25) is 17.7 Å². The van der Waals surface area contributed by atoms with Gasteiger partial charge in [-0.1, -0.05) is 54.2 Å². The lowest BCUT2D eigenvalue weighted by molar-refractivity contribution is -0.140. The summed E-state index contributed by atoms with van der Waals surface area (Å²) in [6, 6.07) is 3.98. The van der Waals surface area contributed by atoms with Gasteiger partial charge in [0.05, 0.1) is 11.8 Å². The van der Waals surface area contributed by atoms with E-state index in [2.05, 4.69) is 53.1 Å². The number of hydrogen-bond donors (Lipinski definition) is 1. The van der Waals surface area contributed by atoms with Crippen LogP contribution >= 0.6 is 47.8 Å². The Morgan fingerprint density at radius 1 is 1.00 bits per heavy atom. The number of nitrogens with one attached hydrogen (secondary N) is 1. The Labute approximate surface area is 208 Å². The number of carbonyl (C=O) groups is 3. The number of aryl methyl sites for hydroxylation is 2. The molecule has 0 radical (unpaired) electrons. The second kappa shape index (κ2) is 9.26. The van der Waals surface area contributed by atoms with Gasteiger partial charge in [0.25, 0.3) is 0 Å². The summed E-state index contributed by atoms with van der Waals surface area (Å²) < 4.78 is 1.03. The fourth-order valence-corrected chi connectivity index (χ4v) is 7.82. The number of benzene rings is 1. The van der Waals surface area contributed by atoms with E-state index in [9.17, 15) is 14.4 Å². The minimum Gasteiger partial charge on any atom is -0.326 e. The molecule has 3 fully saturated rings. The summed E-state index contributed by atoms with van der Waals surface area (Å²) in [5.74, 6) is 0.273. The number of carbonyl (C=O) groups excluding carboxylic acids is 3. The van der Waals surface area contributed by atoms with Gasteiger partial charge >= 0.3 is 0 Å². The van der Waals surface area contributed by atoms with E-state index < -0.39 is 0 Å². The molecule has 1 aromatic rings. The van der Waals surface area contributed by atoms with Gasteiger partial charge in [-0.3, -0.25) is 19.3 Å². The summed E-state index contributed by atoms with van der Waals surface area (Å²) in [7, 11) is 0. The van der Waals surface area contributed by atoms with E-state index in [1.807, 2.05) is 26.0 Å². The average molecular weight is 619 g/mol. The number of rotatable bonds is 7. The fraction of sp³-hybridized carbons (Fsp3) is 0.609. The lowest BCUT2D eigenvalue weighted by Gasteiger charge is -2.28. The Balaban J connectivity index is 1.22. The first-order chi connectivity index (χ1) is 14.7. The first-order valence-corrected chi connectivity index (χ1v) is 13.5. The Morgan fingerprint density at radius 2 is 1.61 bits per heavy atom. The Bertz CT molecular complexity index is 890. The van der Waals surface area contributed by atoms with Crippen LogP contribution in [0.5, 0.6) is 0 Å². The lowest BCUT2D eigenvalue weighted by Crippen LogP contribution is -2.37. The second-order valence-corrected chi connectivity index (χ2v) is 12.1. The molecule has 0 aromatic heterocycles. The molecule has 2 bridgehead atoms. The van der Waals surface area contributed by atoms with Gasteiger partial charge < -0.3 is 5.32 Å². The third-order valence-electron chi connectivity index (χ3n) is 7.14. The van der Waals surface area contributed by atoms with Crippen molar-refractivity contribution in [2.24, 2.45) is 23.7 Å². The van der Waals surface area contributed by atoms with Crippen LogP contribution in [0.3, 0.4) is 0 Å². The molecule has 1 aromatic carbocycles. The molecule has 1 N–H and O–H groups in total. The van der Waals surface area contributed by atoms with Crippen molar-refractivity contribution in [2.45, 2.75) is 55.6 Å². The van der Waals surface area contributed by atoms with Crippen LogP contribution < -0.4 is 5.32 Å². The quantitative estimate of drug-likeness (QED) is 0.255. The molecule has 5 nitrogen and oxygen atoms in total. The van der Waals surface area contributed by atoms with Crippen LogP contribution in [0, 0.1) is 37.5 Å². The first-order valence-electron chi connectivity index (χ1n) is 10.9. The third kappa shape index (κ3) is 4.29. The molecule has 2 saturated carbocycles. The highest BCUT2D eigenvalue weighted by Gasteiger charge is 2.66. The van der Waals surface area contributed by atoms with Crippen molar-refractivity contribution in [3.8, 4) is 0 Å². The van der Waals surface area contributed by atoms with Gasteiger partial charge in [-0.05, 0) is 68.2 Å². The summed E-state index contributed by atoms with van der Waals surface area (Å²) >= 11 is 10.9. The number of likely N-dealkylation sites (tertiary alicyclic amines) is 1. The monoisotopic (exact) mass is 616 g/mol. The summed E-state index contributed by atoms with van der Waals surface area (Å²) in [4.78, 5) is 40.1. The number of halogens is 3. The SMILES string of the molecule is Cc1cc(NC(=O)CCCCCN2C(=O)[C@@H]3[C@H]4C[C@@H]([C@H](Br)[C@H]4Br)[C@H]3C2=O)c(C)cc1Br. The number of amides is 3. The number of hydrogen-bond acceptors (Lipinski definition) is 3. The van der Waals surface area contributed by atoms with E-state index in [0.717, 1.165) is 47.0 Å². The molecule has 2 aliphatic carbocycles. The smallest absolute Gasteiger partial charge is 0.233 e. The van der Waals surface area contributed by atoms with Crippen molar-refractivity contribution >= 4 is 71.2 Å². The van der Waals surface area contributed by atoms with Crippen molar-refractivity contribution in [1.29, 1.82) is 0 Å². The number of nitrogens with zero attached hydrogens (tertiary/aromatic N) is 1. The average Bonchev–Trinajstić information content (AvgIpc) is 3.32. The summed E-state index contributed by atoms with van der Waals surface area (Å²) in [6.07, 6.45) is 3.68. The van der Waals surface area contributed by atoms with E-state index in [-0.39, 0.29) is 51.0 Å². The molecule has 168 valence electrons. The van der Waals surface area contributed by atoms with E-state index in [1.165, 1.54) is 4.90 Å². The number of imide groups is 1. The molecule has 6 atom stereocenters. The van der Waals surface area contributed by atoms with Gasteiger partial charge in [0.1, 0.15) is 0 Å². The summed E-state index contributed by atoms with van der Waals surface area (Å²) in [5.41, 5.74) is 2.94. The van der Waals surface area contributed by atoms with E-state index in [1.54, 1.807) is 0 Å². The van der Waals surface area contributed by atoms with Gasteiger partial charge in [-0.25, -0.2) is 0 Å². The Kier molecular flexibility index (Phi) is 7.00. The highest BCUT2D eigenvalue weighted by atomic mass is 79.9. The summed E-state index contributed by atoms with van der Waals surface area (Å²) in [5, 5.41) is 2.99. The van der Waals surface area contributed by atoms with Crippen LogP contribution in [0.2, 0.25) is 0 Å². The highest BCUT2D eigenvalue weighted by Crippen LogP contribution is 2.60. The highest BCUT2D eigenvalue weighted by molar-refractivity contribution is 9.12. The zero-order chi connectivity index (χ0) is 22.4.